The van der Waals surface area contributed by atoms with E-state index in [-0.39, 0.29) is 12.0 Å². The van der Waals surface area contributed by atoms with Gasteiger partial charge in [0.05, 0.1) is 13.5 Å². The molecule has 0 heterocycles. The number of carbonyl (C=O) groups excluding carboxylic acids is 1. The van der Waals surface area contributed by atoms with E-state index in [1.807, 2.05) is 18.7 Å². The molecule has 0 aromatic heterocycles. The molecule has 1 atom stereocenters. The van der Waals surface area contributed by atoms with Crippen molar-refractivity contribution in [2.45, 2.75) is 45.1 Å². The van der Waals surface area contributed by atoms with Crippen LogP contribution in [0.3, 0.4) is 0 Å². The van der Waals surface area contributed by atoms with Crippen LogP contribution in [0.2, 0.25) is 0 Å². The maximum Gasteiger partial charge on any atom is 0.307 e. The molecule has 0 saturated heterocycles. The van der Waals surface area contributed by atoms with E-state index in [1.54, 1.807) is 0 Å². The van der Waals surface area contributed by atoms with Gasteiger partial charge >= 0.3 is 5.97 Å². The average Bonchev–Trinajstić information content (AvgIpc) is 2.27. The first-order valence-electron chi connectivity index (χ1n) is 5.99. The second-order valence-corrected chi connectivity index (χ2v) is 5.03. The minimum Gasteiger partial charge on any atom is -0.469 e. The molecule has 1 unspecified atom stereocenters. The third-order valence-electron chi connectivity index (χ3n) is 2.47. The fourth-order valence-corrected chi connectivity index (χ4v) is 1.97. The van der Waals surface area contributed by atoms with Crippen LogP contribution in [0.4, 0.5) is 0 Å². The number of thioether (sulfide) groups is 1. The largest absolute Gasteiger partial charge is 0.469 e. The zero-order valence-electron chi connectivity index (χ0n) is 10.8. The van der Waals surface area contributed by atoms with Gasteiger partial charge in [0, 0.05) is 6.04 Å². The lowest BCUT2D eigenvalue weighted by Crippen LogP contribution is -2.29. The van der Waals surface area contributed by atoms with Crippen molar-refractivity contribution in [3.8, 4) is 0 Å². The lowest BCUT2D eigenvalue weighted by molar-refractivity contribution is -0.141. The van der Waals surface area contributed by atoms with Crippen molar-refractivity contribution in [2.24, 2.45) is 0 Å². The van der Waals surface area contributed by atoms with E-state index in [4.69, 9.17) is 0 Å². The van der Waals surface area contributed by atoms with Crippen LogP contribution < -0.4 is 5.32 Å². The Morgan fingerprint density at radius 2 is 2.00 bits per heavy atom. The molecule has 0 aliphatic rings. The molecule has 1 N–H and O–H groups in total. The zero-order chi connectivity index (χ0) is 12.2. The molecule has 0 aliphatic heterocycles. The highest BCUT2D eigenvalue weighted by Gasteiger charge is 2.07. The Balaban J connectivity index is 3.21. The summed E-state index contributed by atoms with van der Waals surface area (Å²) in [5.41, 5.74) is 0. The Morgan fingerprint density at radius 1 is 1.31 bits per heavy atom. The molecule has 4 heteroatoms. The molecule has 0 rings (SSSR count). The van der Waals surface area contributed by atoms with Gasteiger partial charge in [0.1, 0.15) is 0 Å². The van der Waals surface area contributed by atoms with Gasteiger partial charge in [-0.05, 0) is 38.3 Å². The monoisotopic (exact) mass is 247 g/mol. The van der Waals surface area contributed by atoms with Crippen LogP contribution in [0.25, 0.3) is 0 Å². The van der Waals surface area contributed by atoms with Crippen LogP contribution in [-0.2, 0) is 9.53 Å². The first-order valence-corrected chi connectivity index (χ1v) is 7.39. The lowest BCUT2D eigenvalue weighted by Gasteiger charge is -2.12. The van der Waals surface area contributed by atoms with Crippen molar-refractivity contribution in [2.75, 3.05) is 25.7 Å². The van der Waals surface area contributed by atoms with Gasteiger partial charge in [-0.25, -0.2) is 0 Å². The third kappa shape index (κ3) is 10.3. The predicted octanol–water partition coefficient (Wildman–Crippen LogP) is 2.45. The molecule has 96 valence electrons. The molecular formula is C12H25NO2S. The summed E-state index contributed by atoms with van der Waals surface area (Å²) in [6, 6.07) is 0.221. The van der Waals surface area contributed by atoms with E-state index in [2.05, 4.69) is 16.3 Å². The summed E-state index contributed by atoms with van der Waals surface area (Å²) in [5, 5.41) is 3.33. The number of nitrogens with one attached hydrogen (secondary N) is 1. The molecule has 0 amide bonds. The van der Waals surface area contributed by atoms with Gasteiger partial charge in [-0.2, -0.15) is 11.8 Å². The van der Waals surface area contributed by atoms with Crippen molar-refractivity contribution in [1.82, 2.24) is 5.32 Å². The van der Waals surface area contributed by atoms with Crippen LogP contribution in [0.1, 0.15) is 39.0 Å². The van der Waals surface area contributed by atoms with Gasteiger partial charge in [0.25, 0.3) is 0 Å². The number of carbonyl (C=O) groups is 1. The molecule has 0 aromatic rings. The minimum atomic E-state index is -0.139. The first kappa shape index (κ1) is 15.8. The van der Waals surface area contributed by atoms with Gasteiger partial charge < -0.3 is 10.1 Å². The van der Waals surface area contributed by atoms with Crippen LogP contribution in [0, 0.1) is 0 Å². The topological polar surface area (TPSA) is 38.3 Å². The zero-order valence-corrected chi connectivity index (χ0v) is 11.6. The molecule has 0 spiro atoms. The van der Waals surface area contributed by atoms with Crippen LogP contribution in [0.15, 0.2) is 0 Å². The van der Waals surface area contributed by atoms with Crippen molar-refractivity contribution in [1.29, 1.82) is 0 Å². The molecule has 0 radical (unpaired) electrons. The fourth-order valence-electron chi connectivity index (χ4n) is 1.48. The van der Waals surface area contributed by atoms with Gasteiger partial charge in [0.2, 0.25) is 0 Å². The highest BCUT2D eigenvalue weighted by Crippen LogP contribution is 2.04. The fraction of sp³-hybridized carbons (Fsp3) is 0.917. The lowest BCUT2D eigenvalue weighted by atomic mass is 10.2. The van der Waals surface area contributed by atoms with E-state index in [0.29, 0.717) is 6.42 Å². The Labute approximate surface area is 104 Å². The summed E-state index contributed by atoms with van der Waals surface area (Å²) in [7, 11) is 1.43. The van der Waals surface area contributed by atoms with Crippen LogP contribution >= 0.6 is 11.8 Å². The third-order valence-corrected chi connectivity index (χ3v) is 3.17. The van der Waals surface area contributed by atoms with E-state index in [9.17, 15) is 4.79 Å². The highest BCUT2D eigenvalue weighted by molar-refractivity contribution is 7.98. The second-order valence-electron chi connectivity index (χ2n) is 4.04. The van der Waals surface area contributed by atoms with E-state index < -0.39 is 0 Å². The van der Waals surface area contributed by atoms with Crippen LogP contribution in [0.5, 0.6) is 0 Å². The normalized spacial score (nSPS) is 12.4. The molecule has 0 aliphatic carbocycles. The number of rotatable bonds is 10. The van der Waals surface area contributed by atoms with Gasteiger partial charge in [-0.15, -0.1) is 0 Å². The molecular weight excluding hydrogens is 222 g/mol. The van der Waals surface area contributed by atoms with Crippen molar-refractivity contribution in [3.05, 3.63) is 0 Å². The number of esters is 1. The average molecular weight is 247 g/mol. The Hall–Kier alpha value is -0.220. The van der Waals surface area contributed by atoms with Gasteiger partial charge in [-0.3, -0.25) is 4.79 Å². The Morgan fingerprint density at radius 3 is 2.62 bits per heavy atom. The maximum absolute atomic E-state index is 11.0. The van der Waals surface area contributed by atoms with E-state index in [1.165, 1.54) is 38.5 Å². The summed E-state index contributed by atoms with van der Waals surface area (Å²) >= 11 is 1.91. The van der Waals surface area contributed by atoms with Crippen LogP contribution in [-0.4, -0.2) is 37.7 Å². The highest BCUT2D eigenvalue weighted by atomic mass is 32.2. The first-order chi connectivity index (χ1) is 7.70. The summed E-state index contributed by atoms with van der Waals surface area (Å²) in [5.74, 6) is 1.13. The SMILES string of the molecule is COC(=O)CC(C)NCCCCCCSC. The second kappa shape index (κ2) is 11.3. The summed E-state index contributed by atoms with van der Waals surface area (Å²) in [6.07, 6.45) is 7.71. The van der Waals surface area contributed by atoms with Gasteiger partial charge in [0.15, 0.2) is 0 Å². The molecule has 0 bridgehead atoms. The summed E-state index contributed by atoms with van der Waals surface area (Å²) < 4.78 is 4.61. The van der Waals surface area contributed by atoms with Crippen molar-refractivity contribution >= 4 is 17.7 Å². The smallest absolute Gasteiger partial charge is 0.307 e. The maximum atomic E-state index is 11.0. The van der Waals surface area contributed by atoms with E-state index >= 15 is 0 Å². The number of hydrogen-bond donors (Lipinski definition) is 1. The Kier molecular flexibility index (Phi) is 11.1. The molecule has 0 fully saturated rings. The predicted molar refractivity (Wildman–Crippen MR) is 70.9 cm³/mol. The minimum absolute atomic E-state index is 0.139. The van der Waals surface area contributed by atoms with Gasteiger partial charge in [-0.1, -0.05) is 12.8 Å². The molecule has 16 heavy (non-hydrogen) atoms. The number of ether oxygens (including phenoxy) is 1. The van der Waals surface area contributed by atoms with Crippen molar-refractivity contribution in [3.63, 3.8) is 0 Å². The molecule has 0 saturated carbocycles. The summed E-state index contributed by atoms with van der Waals surface area (Å²) in [6.45, 7) is 3.02. The van der Waals surface area contributed by atoms with Crippen molar-refractivity contribution < 1.29 is 9.53 Å². The standard InChI is InChI=1S/C12H25NO2S/c1-11(10-12(14)15-2)13-8-6-4-5-7-9-16-3/h11,13H,4-10H2,1-3H3. The number of hydrogen-bond acceptors (Lipinski definition) is 4. The number of methoxy groups -OCH3 is 1. The number of unbranched alkanes of at least 4 members (excludes halogenated alkanes) is 3. The van der Waals surface area contributed by atoms with E-state index in [0.717, 1.165) is 6.54 Å². The summed E-state index contributed by atoms with van der Waals surface area (Å²) in [4.78, 5) is 11.0. The Bertz CT molecular complexity index is 176. The molecule has 0 aromatic carbocycles. The molecule has 3 nitrogen and oxygen atoms in total. The quantitative estimate of drug-likeness (QED) is 0.475.